The van der Waals surface area contributed by atoms with Crippen LogP contribution in [0.3, 0.4) is 0 Å². The van der Waals surface area contributed by atoms with E-state index in [0.29, 0.717) is 5.82 Å². The van der Waals surface area contributed by atoms with Gasteiger partial charge in [-0.15, -0.1) is 22.7 Å². The Morgan fingerprint density at radius 2 is 1.75 bits per heavy atom. The fourth-order valence-electron chi connectivity index (χ4n) is 1.63. The summed E-state index contributed by atoms with van der Waals surface area (Å²) in [5.41, 5.74) is 7.93. The molecule has 0 spiro atoms. The van der Waals surface area contributed by atoms with Crippen LogP contribution in [0, 0.1) is 0 Å². The molecule has 0 fully saturated rings. The quantitative estimate of drug-likeness (QED) is 0.728. The molecule has 3 aromatic rings. The van der Waals surface area contributed by atoms with E-state index in [2.05, 4.69) is 22.3 Å². The van der Waals surface area contributed by atoms with Gasteiger partial charge in [-0.25, -0.2) is 0 Å². The van der Waals surface area contributed by atoms with E-state index in [0.717, 1.165) is 21.0 Å². The van der Waals surface area contributed by atoms with Gasteiger partial charge in [0.05, 0.1) is 16.1 Å². The zero-order valence-corrected chi connectivity index (χ0v) is 9.94. The van der Waals surface area contributed by atoms with Gasteiger partial charge in [0.1, 0.15) is 0 Å². The molecule has 3 aromatic heterocycles. The monoisotopic (exact) mass is 247 g/mol. The predicted octanol–water partition coefficient (Wildman–Crippen LogP) is 3.45. The lowest BCUT2D eigenvalue weighted by Gasteiger charge is -1.98. The zero-order valence-electron chi connectivity index (χ0n) is 8.31. The molecule has 0 saturated carbocycles. The third-order valence-corrected chi connectivity index (χ3v) is 4.10. The average molecular weight is 247 g/mol. The highest BCUT2D eigenvalue weighted by Crippen LogP contribution is 2.38. The fraction of sp³-hybridized carbons (Fsp3) is 0. The Morgan fingerprint density at radius 1 is 1.06 bits per heavy atom. The maximum absolute atomic E-state index is 5.91. The Hall–Kier alpha value is -1.59. The lowest BCUT2D eigenvalue weighted by atomic mass is 10.1. The van der Waals surface area contributed by atoms with Crippen molar-refractivity contribution in [2.24, 2.45) is 0 Å². The summed E-state index contributed by atoms with van der Waals surface area (Å²) in [6.07, 6.45) is 0. The van der Waals surface area contributed by atoms with E-state index >= 15 is 0 Å². The second-order valence-corrected chi connectivity index (χ2v) is 5.21. The molecule has 0 radical (unpaired) electrons. The minimum absolute atomic E-state index is 0.561. The summed E-state index contributed by atoms with van der Waals surface area (Å²) in [5.74, 6) is 0.561. The lowest BCUT2D eigenvalue weighted by Crippen LogP contribution is -1.86. The number of nitrogens with one attached hydrogen (secondary N) is 1. The van der Waals surface area contributed by atoms with Crippen LogP contribution in [0.4, 0.5) is 5.82 Å². The van der Waals surface area contributed by atoms with E-state index in [4.69, 9.17) is 5.73 Å². The molecule has 0 aliphatic carbocycles. The number of rotatable bonds is 2. The number of aromatic amines is 1. The molecule has 0 bridgehead atoms. The SMILES string of the molecule is Nc1n[nH]c(-c2cccs2)c1-c1cccs1. The van der Waals surface area contributed by atoms with Gasteiger partial charge in [-0.1, -0.05) is 12.1 Å². The van der Waals surface area contributed by atoms with Crippen LogP contribution in [0.25, 0.3) is 21.0 Å². The number of hydrogen-bond acceptors (Lipinski definition) is 4. The van der Waals surface area contributed by atoms with E-state index in [1.807, 2.05) is 22.9 Å². The molecule has 3 heterocycles. The summed E-state index contributed by atoms with van der Waals surface area (Å²) in [5, 5.41) is 11.2. The molecule has 0 aliphatic rings. The largest absolute Gasteiger partial charge is 0.382 e. The Balaban J connectivity index is 2.21. The summed E-state index contributed by atoms with van der Waals surface area (Å²) in [6.45, 7) is 0. The highest BCUT2D eigenvalue weighted by Gasteiger charge is 2.15. The summed E-state index contributed by atoms with van der Waals surface area (Å²) in [7, 11) is 0. The van der Waals surface area contributed by atoms with Crippen molar-refractivity contribution in [2.45, 2.75) is 0 Å². The number of nitrogen functional groups attached to an aromatic ring is 1. The molecule has 0 aromatic carbocycles. The Labute approximate surface area is 101 Å². The summed E-state index contributed by atoms with van der Waals surface area (Å²) < 4.78 is 0. The maximum Gasteiger partial charge on any atom is 0.154 e. The number of aromatic nitrogens is 2. The Morgan fingerprint density at radius 3 is 2.38 bits per heavy atom. The van der Waals surface area contributed by atoms with Gasteiger partial charge in [0, 0.05) is 4.88 Å². The second-order valence-electron chi connectivity index (χ2n) is 3.31. The maximum atomic E-state index is 5.91. The van der Waals surface area contributed by atoms with Crippen molar-refractivity contribution in [3.8, 4) is 21.0 Å². The van der Waals surface area contributed by atoms with E-state index in [1.165, 1.54) is 0 Å². The first-order valence-electron chi connectivity index (χ1n) is 4.78. The molecule has 0 unspecified atom stereocenters. The molecule has 80 valence electrons. The number of H-pyrrole nitrogens is 1. The standard InChI is InChI=1S/C11H9N3S2/c12-11-9(7-3-1-5-15-7)10(13-14-11)8-4-2-6-16-8/h1-6H,(H3,12,13,14). The van der Waals surface area contributed by atoms with Gasteiger partial charge in [-0.3, -0.25) is 5.10 Å². The highest BCUT2D eigenvalue weighted by atomic mass is 32.1. The van der Waals surface area contributed by atoms with Crippen molar-refractivity contribution in [1.29, 1.82) is 0 Å². The summed E-state index contributed by atoms with van der Waals surface area (Å²) in [6, 6.07) is 8.16. The van der Waals surface area contributed by atoms with E-state index in [1.54, 1.807) is 22.7 Å². The number of thiophene rings is 2. The first-order valence-corrected chi connectivity index (χ1v) is 6.54. The molecule has 0 aliphatic heterocycles. The van der Waals surface area contributed by atoms with E-state index < -0.39 is 0 Å². The van der Waals surface area contributed by atoms with Crippen LogP contribution in [-0.4, -0.2) is 10.2 Å². The van der Waals surface area contributed by atoms with Gasteiger partial charge in [0.2, 0.25) is 0 Å². The molecular weight excluding hydrogens is 238 g/mol. The predicted molar refractivity (Wildman–Crippen MR) is 69.6 cm³/mol. The van der Waals surface area contributed by atoms with Crippen molar-refractivity contribution in [3.05, 3.63) is 35.0 Å². The molecule has 3 rings (SSSR count). The fourth-order valence-corrected chi connectivity index (χ4v) is 3.14. The third-order valence-electron chi connectivity index (χ3n) is 2.33. The van der Waals surface area contributed by atoms with Gasteiger partial charge in [0.25, 0.3) is 0 Å². The van der Waals surface area contributed by atoms with Gasteiger partial charge in [-0.05, 0) is 22.9 Å². The first kappa shape index (κ1) is 9.62. The molecule has 16 heavy (non-hydrogen) atoms. The smallest absolute Gasteiger partial charge is 0.154 e. The molecule has 0 saturated heterocycles. The normalized spacial score (nSPS) is 10.8. The average Bonchev–Trinajstić information content (AvgIpc) is 2.96. The van der Waals surface area contributed by atoms with Crippen LogP contribution in [0.1, 0.15) is 0 Å². The van der Waals surface area contributed by atoms with Gasteiger partial charge >= 0.3 is 0 Å². The number of anilines is 1. The van der Waals surface area contributed by atoms with Crippen LogP contribution in [0.5, 0.6) is 0 Å². The summed E-state index contributed by atoms with van der Waals surface area (Å²) in [4.78, 5) is 2.31. The molecular formula is C11H9N3S2. The van der Waals surface area contributed by atoms with Crippen LogP contribution < -0.4 is 5.73 Å². The van der Waals surface area contributed by atoms with Crippen molar-refractivity contribution in [1.82, 2.24) is 10.2 Å². The first-order chi connectivity index (χ1) is 7.86. The molecule has 5 heteroatoms. The molecule has 3 nitrogen and oxygen atoms in total. The number of hydrogen-bond donors (Lipinski definition) is 2. The number of nitrogens with two attached hydrogens (primary N) is 1. The van der Waals surface area contributed by atoms with Gasteiger partial charge < -0.3 is 5.73 Å². The topological polar surface area (TPSA) is 54.7 Å². The Bertz CT molecular complexity index is 579. The van der Waals surface area contributed by atoms with E-state index in [-0.39, 0.29) is 0 Å². The van der Waals surface area contributed by atoms with Gasteiger partial charge in [0.15, 0.2) is 5.82 Å². The number of nitrogens with zero attached hydrogens (tertiary/aromatic N) is 1. The molecule has 0 atom stereocenters. The van der Waals surface area contributed by atoms with E-state index in [9.17, 15) is 0 Å². The van der Waals surface area contributed by atoms with Gasteiger partial charge in [-0.2, -0.15) is 5.10 Å². The van der Waals surface area contributed by atoms with Crippen LogP contribution >= 0.6 is 22.7 Å². The van der Waals surface area contributed by atoms with Crippen LogP contribution in [0.15, 0.2) is 35.0 Å². The van der Waals surface area contributed by atoms with Crippen molar-refractivity contribution in [2.75, 3.05) is 5.73 Å². The molecule has 0 amide bonds. The minimum atomic E-state index is 0.561. The van der Waals surface area contributed by atoms with Crippen molar-refractivity contribution in [3.63, 3.8) is 0 Å². The third kappa shape index (κ3) is 1.45. The van der Waals surface area contributed by atoms with Crippen molar-refractivity contribution >= 4 is 28.5 Å². The van der Waals surface area contributed by atoms with Crippen LogP contribution in [0.2, 0.25) is 0 Å². The van der Waals surface area contributed by atoms with Crippen molar-refractivity contribution < 1.29 is 0 Å². The zero-order chi connectivity index (χ0) is 11.0. The lowest BCUT2D eigenvalue weighted by molar-refractivity contribution is 1.11. The highest BCUT2D eigenvalue weighted by molar-refractivity contribution is 7.14. The minimum Gasteiger partial charge on any atom is -0.382 e. The second kappa shape index (κ2) is 3.77. The Kier molecular flexibility index (Phi) is 2.27. The van der Waals surface area contributed by atoms with Crippen LogP contribution in [-0.2, 0) is 0 Å². The summed E-state index contributed by atoms with van der Waals surface area (Å²) >= 11 is 3.35. The molecule has 3 N–H and O–H groups in total.